The van der Waals surface area contributed by atoms with Gasteiger partial charge in [0.1, 0.15) is 0 Å². The second-order valence-electron chi connectivity index (χ2n) is 9.47. The van der Waals surface area contributed by atoms with E-state index in [1.54, 1.807) is 62.3 Å². The second kappa shape index (κ2) is 23.3. The lowest BCUT2D eigenvalue weighted by atomic mass is 10.1. The number of benzene rings is 1. The first-order valence-electron chi connectivity index (χ1n) is 16.4. The Morgan fingerprint density at radius 2 is 0.542 bits per heavy atom. The summed E-state index contributed by atoms with van der Waals surface area (Å²) in [6.07, 6.45) is -0.898. The fourth-order valence-corrected chi connectivity index (χ4v) is 10.8. The first kappa shape index (κ1) is 43.9. The molecule has 0 atom stereocenters. The van der Waals surface area contributed by atoms with Crippen LogP contribution < -0.4 is 0 Å². The summed E-state index contributed by atoms with van der Waals surface area (Å²) >= 11 is 0. The molecule has 0 saturated carbocycles. The van der Waals surface area contributed by atoms with Gasteiger partial charge in [0, 0.05) is 59.5 Å². The monoisotopic (exact) mass is 738 g/mol. The standard InChI is InChI=1S/C30H54O15Si3/c1-10-37-46(38-11-2,39-12-3)22-34-28(31)25-19-26(29(32)35-23-47(40-13-4,41-14-5)42-15-6)21-27(20-25)30(33)36-24-48(43-16-7,44-17-8)45-18-9/h19-21H,10-18,22-24H2,1-9H3. The van der Waals surface area contributed by atoms with Gasteiger partial charge in [-0.3, -0.25) is 0 Å². The third-order valence-electron chi connectivity index (χ3n) is 6.06. The Hall–Kier alpha value is -2.08. The van der Waals surface area contributed by atoms with Crippen LogP contribution in [-0.4, -0.2) is 122 Å². The van der Waals surface area contributed by atoms with E-state index in [9.17, 15) is 14.4 Å². The van der Waals surface area contributed by atoms with Gasteiger partial charge in [0.05, 0.1) is 16.7 Å². The lowest BCUT2D eigenvalue weighted by molar-refractivity contribution is 0.0235. The van der Waals surface area contributed by atoms with E-state index in [4.69, 9.17) is 54.0 Å². The van der Waals surface area contributed by atoms with Crippen LogP contribution in [0.4, 0.5) is 0 Å². The number of carbonyl (C=O) groups excluding carboxylic acids is 3. The zero-order chi connectivity index (χ0) is 36.1. The number of rotatable bonds is 27. The van der Waals surface area contributed by atoms with Gasteiger partial charge in [0.25, 0.3) is 0 Å². The highest BCUT2D eigenvalue weighted by Gasteiger charge is 2.45. The van der Waals surface area contributed by atoms with E-state index in [2.05, 4.69) is 0 Å². The van der Waals surface area contributed by atoms with Gasteiger partial charge in [-0.25, -0.2) is 14.4 Å². The lowest BCUT2D eigenvalue weighted by Crippen LogP contribution is -2.51. The molecule has 0 amide bonds. The largest absolute Gasteiger partial charge is 0.540 e. The van der Waals surface area contributed by atoms with Crippen molar-refractivity contribution in [1.82, 2.24) is 0 Å². The highest BCUT2D eigenvalue weighted by atomic mass is 28.4. The van der Waals surface area contributed by atoms with Crippen LogP contribution in [0, 0.1) is 0 Å². The summed E-state index contributed by atoms with van der Waals surface area (Å²) in [6, 6.07) is 3.74. The summed E-state index contributed by atoms with van der Waals surface area (Å²) in [6.45, 7) is 18.4. The Balaban J connectivity index is 3.50. The Bertz CT molecular complexity index is 911. The number of hydrogen-bond acceptors (Lipinski definition) is 15. The van der Waals surface area contributed by atoms with Crippen molar-refractivity contribution in [3.05, 3.63) is 34.9 Å². The van der Waals surface area contributed by atoms with Crippen LogP contribution in [0.5, 0.6) is 0 Å². The molecule has 0 fully saturated rings. The quantitative estimate of drug-likeness (QED) is 0.0725. The molecular weight excluding hydrogens is 685 g/mol. The maximum atomic E-state index is 13.4. The van der Waals surface area contributed by atoms with Crippen molar-refractivity contribution in [2.24, 2.45) is 0 Å². The summed E-state index contributed by atoms with van der Waals surface area (Å²) in [5.41, 5.74) is -0.390. The SMILES string of the molecule is CCO[Si](COC(=O)c1cc(C(=O)OC[Si](OCC)(OCC)OCC)cc(C(=O)OC[Si](OCC)(OCC)OCC)c1)(OCC)OCC. The Morgan fingerprint density at radius 1 is 0.375 bits per heavy atom. The van der Waals surface area contributed by atoms with E-state index in [1.165, 1.54) is 18.2 Å². The van der Waals surface area contributed by atoms with Gasteiger partial charge in [-0.05, 0) is 80.5 Å². The third kappa shape index (κ3) is 14.0. The van der Waals surface area contributed by atoms with Crippen LogP contribution in [-0.2, 0) is 54.0 Å². The van der Waals surface area contributed by atoms with Crippen molar-refractivity contribution in [3.8, 4) is 0 Å². The van der Waals surface area contributed by atoms with Gasteiger partial charge in [0.2, 0.25) is 0 Å². The molecule has 0 aliphatic heterocycles. The van der Waals surface area contributed by atoms with Crippen LogP contribution in [0.1, 0.15) is 93.4 Å². The topological polar surface area (TPSA) is 162 Å². The molecule has 48 heavy (non-hydrogen) atoms. The zero-order valence-corrected chi connectivity index (χ0v) is 32.8. The van der Waals surface area contributed by atoms with Crippen molar-refractivity contribution in [3.63, 3.8) is 0 Å². The first-order valence-corrected chi connectivity index (χ1v) is 22.2. The highest BCUT2D eigenvalue weighted by Crippen LogP contribution is 2.20. The van der Waals surface area contributed by atoms with Crippen LogP contribution in [0.15, 0.2) is 18.2 Å². The maximum Gasteiger partial charge on any atom is 0.540 e. The highest BCUT2D eigenvalue weighted by molar-refractivity contribution is 6.61. The van der Waals surface area contributed by atoms with Crippen LogP contribution >= 0.6 is 0 Å². The maximum absolute atomic E-state index is 13.4. The molecular formula is C30H54O15Si3. The molecule has 0 saturated heterocycles. The average Bonchev–Trinajstić information content (AvgIpc) is 3.06. The average molecular weight is 739 g/mol. The summed E-state index contributed by atoms with van der Waals surface area (Å²) in [5.74, 6) is -2.59. The predicted octanol–water partition coefficient (Wildman–Crippen LogP) is 3.92. The molecule has 1 rings (SSSR count). The molecule has 1 aromatic rings. The fraction of sp³-hybridized carbons (Fsp3) is 0.700. The molecule has 0 radical (unpaired) electrons. The van der Waals surface area contributed by atoms with Gasteiger partial charge < -0.3 is 54.0 Å². The molecule has 0 aromatic heterocycles. The summed E-state index contributed by atoms with van der Waals surface area (Å²) in [7, 11) is -10.1. The van der Waals surface area contributed by atoms with E-state index in [-0.39, 0.29) is 94.8 Å². The molecule has 0 aliphatic carbocycles. The molecule has 0 heterocycles. The van der Waals surface area contributed by atoms with E-state index in [0.717, 1.165) is 0 Å². The summed E-state index contributed by atoms with van der Waals surface area (Å²) in [4.78, 5) is 40.3. The molecule has 0 N–H and O–H groups in total. The molecule has 0 aliphatic rings. The second-order valence-corrected chi connectivity index (χ2v) is 17.0. The summed E-state index contributed by atoms with van der Waals surface area (Å²) < 4.78 is 68.7. The predicted molar refractivity (Wildman–Crippen MR) is 179 cm³/mol. The molecule has 0 spiro atoms. The van der Waals surface area contributed by atoms with Crippen molar-refractivity contribution in [2.45, 2.75) is 62.3 Å². The Labute approximate surface area is 287 Å². The minimum absolute atomic E-state index is 0.130. The lowest BCUT2D eigenvalue weighted by Gasteiger charge is -2.28. The molecule has 276 valence electrons. The van der Waals surface area contributed by atoms with Crippen molar-refractivity contribution < 1.29 is 68.4 Å². The van der Waals surface area contributed by atoms with E-state index in [1.807, 2.05) is 0 Å². The number of ether oxygens (including phenoxy) is 3. The van der Waals surface area contributed by atoms with E-state index < -0.39 is 44.3 Å². The zero-order valence-electron chi connectivity index (χ0n) is 29.8. The van der Waals surface area contributed by atoms with Gasteiger partial charge in [-0.15, -0.1) is 0 Å². The molecule has 15 nitrogen and oxygen atoms in total. The van der Waals surface area contributed by atoms with Gasteiger partial charge >= 0.3 is 44.3 Å². The van der Waals surface area contributed by atoms with Crippen LogP contribution in [0.3, 0.4) is 0 Å². The van der Waals surface area contributed by atoms with E-state index >= 15 is 0 Å². The number of hydrogen-bond donors (Lipinski definition) is 0. The minimum Gasteiger partial charge on any atom is -0.457 e. The van der Waals surface area contributed by atoms with Gasteiger partial charge in [0.15, 0.2) is 18.7 Å². The fourth-order valence-electron chi connectivity index (χ4n) is 4.42. The van der Waals surface area contributed by atoms with Gasteiger partial charge in [-0.1, -0.05) is 0 Å². The Kier molecular flexibility index (Phi) is 21.4. The Morgan fingerprint density at radius 3 is 0.688 bits per heavy atom. The third-order valence-corrected chi connectivity index (χ3v) is 14.1. The normalized spacial score (nSPS) is 12.2. The van der Waals surface area contributed by atoms with Crippen LogP contribution in [0.25, 0.3) is 0 Å². The van der Waals surface area contributed by atoms with Crippen molar-refractivity contribution >= 4 is 44.3 Å². The first-order chi connectivity index (χ1) is 23.0. The van der Waals surface area contributed by atoms with Gasteiger partial charge in [-0.2, -0.15) is 0 Å². The molecule has 0 unspecified atom stereocenters. The molecule has 18 heteroatoms. The van der Waals surface area contributed by atoms with Crippen molar-refractivity contribution in [2.75, 3.05) is 78.2 Å². The van der Waals surface area contributed by atoms with Crippen LogP contribution in [0.2, 0.25) is 0 Å². The molecule has 1 aromatic carbocycles. The number of esters is 3. The van der Waals surface area contributed by atoms with E-state index in [0.29, 0.717) is 0 Å². The minimum atomic E-state index is -3.38. The smallest absolute Gasteiger partial charge is 0.457 e. The number of carbonyl (C=O) groups is 3. The van der Waals surface area contributed by atoms with Crippen molar-refractivity contribution in [1.29, 1.82) is 0 Å². The summed E-state index contributed by atoms with van der Waals surface area (Å²) in [5, 5.41) is 0. The molecule has 0 bridgehead atoms.